The van der Waals surface area contributed by atoms with Gasteiger partial charge >= 0.3 is 0 Å². The number of hydrogen-bond acceptors (Lipinski definition) is 3. The van der Waals surface area contributed by atoms with E-state index >= 15 is 0 Å². The molecule has 0 amide bonds. The fourth-order valence-corrected chi connectivity index (χ4v) is 2.12. The molecule has 0 aliphatic carbocycles. The van der Waals surface area contributed by atoms with Crippen molar-refractivity contribution < 1.29 is 4.74 Å². The van der Waals surface area contributed by atoms with E-state index in [9.17, 15) is 0 Å². The summed E-state index contributed by atoms with van der Waals surface area (Å²) in [5.41, 5.74) is 2.21. The molecule has 0 aliphatic heterocycles. The maximum Gasteiger partial charge on any atom is 0.199 e. The van der Waals surface area contributed by atoms with E-state index in [4.69, 9.17) is 9.72 Å². The smallest absolute Gasteiger partial charge is 0.199 e. The zero-order valence-electron chi connectivity index (χ0n) is 11.5. The molecule has 18 heavy (non-hydrogen) atoms. The Kier molecular flexibility index (Phi) is 3.87. The zero-order chi connectivity index (χ0) is 13.1. The van der Waals surface area contributed by atoms with Crippen molar-refractivity contribution in [3.63, 3.8) is 0 Å². The van der Waals surface area contributed by atoms with E-state index in [1.54, 1.807) is 7.11 Å². The van der Waals surface area contributed by atoms with Crippen LogP contribution in [0, 0.1) is 0 Å². The predicted octanol–water partition coefficient (Wildman–Crippen LogP) is 2.58. The van der Waals surface area contributed by atoms with E-state index in [0.29, 0.717) is 5.92 Å². The van der Waals surface area contributed by atoms with Gasteiger partial charge in [0.15, 0.2) is 5.88 Å². The third-order valence-corrected chi connectivity index (χ3v) is 3.00. The first-order chi connectivity index (χ1) is 8.69. The van der Waals surface area contributed by atoms with Crippen molar-refractivity contribution in [1.29, 1.82) is 0 Å². The fraction of sp³-hybridized carbons (Fsp3) is 0.500. The summed E-state index contributed by atoms with van der Waals surface area (Å²) in [6.45, 7) is 8.14. The molecule has 4 heteroatoms. The van der Waals surface area contributed by atoms with Crippen LogP contribution in [0.5, 0.6) is 5.88 Å². The van der Waals surface area contributed by atoms with E-state index in [2.05, 4.69) is 36.6 Å². The quantitative estimate of drug-likeness (QED) is 0.882. The molecular weight excluding hydrogens is 226 g/mol. The molecule has 2 heterocycles. The van der Waals surface area contributed by atoms with Crippen molar-refractivity contribution in [3.05, 3.63) is 29.7 Å². The molecule has 2 aromatic heterocycles. The molecule has 0 spiro atoms. The van der Waals surface area contributed by atoms with Gasteiger partial charge in [0.2, 0.25) is 0 Å². The fourth-order valence-electron chi connectivity index (χ4n) is 2.12. The average Bonchev–Trinajstić information content (AvgIpc) is 2.75. The summed E-state index contributed by atoms with van der Waals surface area (Å²) in [5, 5.41) is 3.33. The summed E-state index contributed by atoms with van der Waals surface area (Å²) in [6, 6.07) is 6.07. The summed E-state index contributed by atoms with van der Waals surface area (Å²) in [5.74, 6) is 2.26. The number of imidazole rings is 1. The number of rotatable bonds is 5. The number of ether oxygens (including phenoxy) is 1. The van der Waals surface area contributed by atoms with Gasteiger partial charge in [0.25, 0.3) is 0 Å². The Morgan fingerprint density at radius 1 is 1.39 bits per heavy atom. The lowest BCUT2D eigenvalue weighted by Gasteiger charge is -2.08. The van der Waals surface area contributed by atoms with Gasteiger partial charge < -0.3 is 10.1 Å². The Balaban J connectivity index is 2.60. The molecular formula is C14H21N3O. The van der Waals surface area contributed by atoms with Crippen molar-refractivity contribution in [3.8, 4) is 5.88 Å². The Labute approximate surface area is 108 Å². The summed E-state index contributed by atoms with van der Waals surface area (Å²) < 4.78 is 7.55. The van der Waals surface area contributed by atoms with E-state index in [-0.39, 0.29) is 0 Å². The molecule has 2 aromatic rings. The summed E-state index contributed by atoms with van der Waals surface area (Å²) in [4.78, 5) is 4.76. The molecule has 0 unspecified atom stereocenters. The Bertz CT molecular complexity index is 531. The van der Waals surface area contributed by atoms with Crippen LogP contribution in [-0.2, 0) is 6.54 Å². The number of aromatic nitrogens is 2. The largest absolute Gasteiger partial charge is 0.482 e. The van der Waals surface area contributed by atoms with Crippen molar-refractivity contribution in [2.24, 2.45) is 0 Å². The Hall–Kier alpha value is -1.55. The molecule has 0 aromatic carbocycles. The lowest BCUT2D eigenvalue weighted by atomic mass is 10.2. The van der Waals surface area contributed by atoms with Crippen LogP contribution >= 0.6 is 0 Å². The summed E-state index contributed by atoms with van der Waals surface area (Å²) in [7, 11) is 1.70. The minimum Gasteiger partial charge on any atom is -0.482 e. The molecule has 0 fully saturated rings. The number of nitrogens with one attached hydrogen (secondary N) is 1. The third-order valence-electron chi connectivity index (χ3n) is 3.00. The van der Waals surface area contributed by atoms with Gasteiger partial charge in [0.1, 0.15) is 5.82 Å². The molecule has 1 N–H and O–H groups in total. The highest BCUT2D eigenvalue weighted by molar-refractivity contribution is 5.56. The SMILES string of the molecule is CCNCc1nc(C(C)C)n2c(OC)cccc12. The first kappa shape index (κ1) is 12.9. The lowest BCUT2D eigenvalue weighted by molar-refractivity contribution is 0.389. The van der Waals surface area contributed by atoms with Crippen LogP contribution in [0.15, 0.2) is 18.2 Å². The second-order valence-electron chi connectivity index (χ2n) is 4.64. The average molecular weight is 247 g/mol. The van der Waals surface area contributed by atoms with Crippen LogP contribution in [0.3, 0.4) is 0 Å². The van der Waals surface area contributed by atoms with Gasteiger partial charge in [-0.05, 0) is 18.7 Å². The molecule has 0 saturated heterocycles. The van der Waals surface area contributed by atoms with E-state index in [1.165, 1.54) is 0 Å². The van der Waals surface area contributed by atoms with Crippen LogP contribution in [0.25, 0.3) is 5.52 Å². The number of hydrogen-bond donors (Lipinski definition) is 1. The summed E-state index contributed by atoms with van der Waals surface area (Å²) in [6.07, 6.45) is 0. The van der Waals surface area contributed by atoms with Crippen molar-refractivity contribution >= 4 is 5.52 Å². The number of methoxy groups -OCH3 is 1. The Morgan fingerprint density at radius 3 is 2.78 bits per heavy atom. The Morgan fingerprint density at radius 2 is 2.17 bits per heavy atom. The molecule has 0 radical (unpaired) electrons. The molecule has 2 rings (SSSR count). The van der Waals surface area contributed by atoms with Gasteiger partial charge in [-0.1, -0.05) is 26.8 Å². The number of pyridine rings is 1. The van der Waals surface area contributed by atoms with Gasteiger partial charge in [-0.3, -0.25) is 4.40 Å². The summed E-state index contributed by atoms with van der Waals surface area (Å²) >= 11 is 0. The monoisotopic (exact) mass is 247 g/mol. The highest BCUT2D eigenvalue weighted by atomic mass is 16.5. The van der Waals surface area contributed by atoms with E-state index in [0.717, 1.165) is 36.0 Å². The van der Waals surface area contributed by atoms with Crippen LogP contribution in [0.1, 0.15) is 38.2 Å². The normalized spacial score (nSPS) is 11.4. The maximum absolute atomic E-state index is 5.44. The van der Waals surface area contributed by atoms with E-state index < -0.39 is 0 Å². The molecule has 4 nitrogen and oxygen atoms in total. The van der Waals surface area contributed by atoms with Crippen LogP contribution < -0.4 is 10.1 Å². The highest BCUT2D eigenvalue weighted by Gasteiger charge is 2.15. The molecule has 0 saturated carbocycles. The zero-order valence-corrected chi connectivity index (χ0v) is 11.5. The highest BCUT2D eigenvalue weighted by Crippen LogP contribution is 2.25. The van der Waals surface area contributed by atoms with Crippen molar-refractivity contribution in [1.82, 2.24) is 14.7 Å². The lowest BCUT2D eigenvalue weighted by Crippen LogP contribution is -2.12. The number of fused-ring (bicyclic) bond motifs is 1. The topological polar surface area (TPSA) is 38.6 Å². The van der Waals surface area contributed by atoms with Gasteiger partial charge in [0.05, 0.1) is 18.3 Å². The second-order valence-corrected chi connectivity index (χ2v) is 4.64. The molecule has 0 atom stereocenters. The van der Waals surface area contributed by atoms with Crippen molar-refractivity contribution in [2.45, 2.75) is 33.2 Å². The minimum atomic E-state index is 0.365. The van der Waals surface area contributed by atoms with Crippen LogP contribution in [-0.4, -0.2) is 23.0 Å². The third kappa shape index (κ3) is 2.20. The van der Waals surface area contributed by atoms with Crippen LogP contribution in [0.2, 0.25) is 0 Å². The maximum atomic E-state index is 5.44. The van der Waals surface area contributed by atoms with Crippen molar-refractivity contribution in [2.75, 3.05) is 13.7 Å². The minimum absolute atomic E-state index is 0.365. The molecule has 0 aliphatic rings. The second kappa shape index (κ2) is 5.40. The molecule has 0 bridgehead atoms. The first-order valence-electron chi connectivity index (χ1n) is 6.44. The van der Waals surface area contributed by atoms with E-state index in [1.807, 2.05) is 12.1 Å². The van der Waals surface area contributed by atoms with Gasteiger partial charge in [-0.2, -0.15) is 0 Å². The molecule has 98 valence electrons. The predicted molar refractivity (Wildman–Crippen MR) is 73.2 cm³/mol. The first-order valence-corrected chi connectivity index (χ1v) is 6.44. The van der Waals surface area contributed by atoms with Gasteiger partial charge in [-0.25, -0.2) is 4.98 Å². The van der Waals surface area contributed by atoms with Gasteiger partial charge in [0, 0.05) is 12.5 Å². The number of nitrogens with zero attached hydrogens (tertiary/aromatic N) is 2. The van der Waals surface area contributed by atoms with Gasteiger partial charge in [-0.15, -0.1) is 0 Å². The standard InChI is InChI=1S/C14H21N3O/c1-5-15-9-11-12-7-6-8-13(18-4)17(12)14(16-11)10(2)3/h6-8,10,15H,5,9H2,1-4H3. The van der Waals surface area contributed by atoms with Crippen LogP contribution in [0.4, 0.5) is 0 Å².